The molecule has 0 aromatic rings. The fourth-order valence-corrected chi connectivity index (χ4v) is 2.28. The zero-order valence-electron chi connectivity index (χ0n) is 8.83. The molecule has 0 aliphatic carbocycles. The standard InChI is InChI=1S/C10H19N3O/c1-12-5-2-9(8-12)10(14)13-6-3-11-4-7-13/h9,11H,2-8H2,1H3. The number of carbonyl (C=O) groups is 1. The molecule has 1 N–H and O–H groups in total. The maximum absolute atomic E-state index is 12.0. The van der Waals surface area contributed by atoms with Crippen LogP contribution in [0.5, 0.6) is 0 Å². The molecule has 0 spiro atoms. The van der Waals surface area contributed by atoms with E-state index in [-0.39, 0.29) is 5.92 Å². The highest BCUT2D eigenvalue weighted by atomic mass is 16.2. The number of likely N-dealkylation sites (tertiary alicyclic amines) is 1. The normalized spacial score (nSPS) is 29.5. The molecule has 2 rings (SSSR count). The first-order chi connectivity index (χ1) is 6.77. The summed E-state index contributed by atoms with van der Waals surface area (Å²) in [7, 11) is 2.09. The number of carbonyl (C=O) groups excluding carboxylic acids is 1. The Morgan fingerprint density at radius 3 is 2.57 bits per heavy atom. The quantitative estimate of drug-likeness (QED) is 0.608. The van der Waals surface area contributed by atoms with Crippen molar-refractivity contribution in [2.75, 3.05) is 46.3 Å². The molecule has 2 heterocycles. The second kappa shape index (κ2) is 4.28. The summed E-state index contributed by atoms with van der Waals surface area (Å²) in [5, 5.41) is 3.26. The van der Waals surface area contributed by atoms with Gasteiger partial charge in [-0.2, -0.15) is 0 Å². The van der Waals surface area contributed by atoms with Crippen LogP contribution in [0, 0.1) is 5.92 Å². The summed E-state index contributed by atoms with van der Waals surface area (Å²) < 4.78 is 0. The van der Waals surface area contributed by atoms with Crippen molar-refractivity contribution in [1.29, 1.82) is 0 Å². The summed E-state index contributed by atoms with van der Waals surface area (Å²) in [5.74, 6) is 0.633. The Balaban J connectivity index is 1.87. The van der Waals surface area contributed by atoms with E-state index in [9.17, 15) is 4.79 Å². The van der Waals surface area contributed by atoms with Crippen molar-refractivity contribution < 1.29 is 4.79 Å². The van der Waals surface area contributed by atoms with Crippen LogP contribution in [0.3, 0.4) is 0 Å². The summed E-state index contributed by atoms with van der Waals surface area (Å²) in [5.41, 5.74) is 0. The third-order valence-corrected chi connectivity index (χ3v) is 3.17. The highest BCUT2D eigenvalue weighted by molar-refractivity contribution is 5.79. The lowest BCUT2D eigenvalue weighted by Gasteiger charge is -2.29. The Labute approximate surface area is 85.2 Å². The van der Waals surface area contributed by atoms with Gasteiger partial charge in [-0.15, -0.1) is 0 Å². The first-order valence-electron chi connectivity index (χ1n) is 5.45. The van der Waals surface area contributed by atoms with Gasteiger partial charge in [-0.05, 0) is 20.0 Å². The SMILES string of the molecule is CN1CCC(C(=O)N2CCNCC2)C1. The molecule has 1 amide bonds. The van der Waals surface area contributed by atoms with Gasteiger partial charge in [-0.3, -0.25) is 4.79 Å². The average Bonchev–Trinajstić information content (AvgIpc) is 2.65. The monoisotopic (exact) mass is 197 g/mol. The molecule has 2 saturated heterocycles. The summed E-state index contributed by atoms with van der Waals surface area (Å²) in [6.07, 6.45) is 1.04. The van der Waals surface area contributed by atoms with E-state index in [0.29, 0.717) is 5.91 Å². The van der Waals surface area contributed by atoms with E-state index in [2.05, 4.69) is 17.3 Å². The van der Waals surface area contributed by atoms with E-state index in [4.69, 9.17) is 0 Å². The lowest BCUT2D eigenvalue weighted by atomic mass is 10.1. The predicted molar refractivity (Wildman–Crippen MR) is 55.1 cm³/mol. The number of hydrogen-bond donors (Lipinski definition) is 1. The van der Waals surface area contributed by atoms with E-state index in [0.717, 1.165) is 45.7 Å². The number of nitrogens with zero attached hydrogens (tertiary/aromatic N) is 2. The lowest BCUT2D eigenvalue weighted by molar-refractivity contribution is -0.135. The first-order valence-corrected chi connectivity index (χ1v) is 5.45. The van der Waals surface area contributed by atoms with Gasteiger partial charge in [0.2, 0.25) is 5.91 Å². The molecule has 4 heteroatoms. The van der Waals surface area contributed by atoms with Gasteiger partial charge < -0.3 is 15.1 Å². The topological polar surface area (TPSA) is 35.6 Å². The highest BCUT2D eigenvalue weighted by Gasteiger charge is 2.30. The van der Waals surface area contributed by atoms with Crippen LogP contribution in [0.1, 0.15) is 6.42 Å². The van der Waals surface area contributed by atoms with Crippen molar-refractivity contribution in [3.05, 3.63) is 0 Å². The molecule has 0 saturated carbocycles. The molecule has 0 aromatic heterocycles. The van der Waals surface area contributed by atoms with Gasteiger partial charge in [-0.25, -0.2) is 0 Å². The van der Waals surface area contributed by atoms with Crippen LogP contribution in [0.2, 0.25) is 0 Å². The van der Waals surface area contributed by atoms with Crippen molar-refractivity contribution >= 4 is 5.91 Å². The molecule has 0 radical (unpaired) electrons. The minimum atomic E-state index is 0.262. The van der Waals surface area contributed by atoms with E-state index >= 15 is 0 Å². The van der Waals surface area contributed by atoms with Gasteiger partial charge in [-0.1, -0.05) is 0 Å². The van der Waals surface area contributed by atoms with Crippen molar-refractivity contribution in [1.82, 2.24) is 15.1 Å². The van der Waals surface area contributed by atoms with Crippen LogP contribution < -0.4 is 5.32 Å². The molecule has 80 valence electrons. The summed E-state index contributed by atoms with van der Waals surface area (Å²) >= 11 is 0. The molecule has 4 nitrogen and oxygen atoms in total. The number of amides is 1. The minimum absolute atomic E-state index is 0.262. The Hall–Kier alpha value is -0.610. The van der Waals surface area contributed by atoms with Crippen LogP contribution >= 0.6 is 0 Å². The summed E-state index contributed by atoms with van der Waals surface area (Å²) in [4.78, 5) is 16.3. The second-order valence-electron chi connectivity index (χ2n) is 4.32. The molecule has 2 aliphatic heterocycles. The van der Waals surface area contributed by atoms with Crippen molar-refractivity contribution in [2.45, 2.75) is 6.42 Å². The van der Waals surface area contributed by atoms with E-state index in [1.54, 1.807) is 0 Å². The number of rotatable bonds is 1. The Morgan fingerprint density at radius 1 is 1.29 bits per heavy atom. The van der Waals surface area contributed by atoms with Crippen LogP contribution in [-0.2, 0) is 4.79 Å². The molecule has 1 atom stereocenters. The maximum Gasteiger partial charge on any atom is 0.227 e. The van der Waals surface area contributed by atoms with Gasteiger partial charge >= 0.3 is 0 Å². The van der Waals surface area contributed by atoms with Gasteiger partial charge in [0, 0.05) is 32.7 Å². The van der Waals surface area contributed by atoms with E-state index in [1.807, 2.05) is 4.90 Å². The molecular weight excluding hydrogens is 178 g/mol. The smallest absolute Gasteiger partial charge is 0.227 e. The van der Waals surface area contributed by atoms with Crippen molar-refractivity contribution in [2.24, 2.45) is 5.92 Å². The fourth-order valence-electron chi connectivity index (χ4n) is 2.28. The lowest BCUT2D eigenvalue weighted by Crippen LogP contribution is -2.48. The van der Waals surface area contributed by atoms with Gasteiger partial charge in [0.1, 0.15) is 0 Å². The molecule has 1 unspecified atom stereocenters. The maximum atomic E-state index is 12.0. The van der Waals surface area contributed by atoms with Crippen LogP contribution in [0.25, 0.3) is 0 Å². The Morgan fingerprint density at radius 2 is 2.00 bits per heavy atom. The largest absolute Gasteiger partial charge is 0.340 e. The van der Waals surface area contributed by atoms with Crippen LogP contribution in [-0.4, -0.2) is 62.0 Å². The highest BCUT2D eigenvalue weighted by Crippen LogP contribution is 2.17. The zero-order valence-corrected chi connectivity index (χ0v) is 8.83. The zero-order chi connectivity index (χ0) is 9.97. The van der Waals surface area contributed by atoms with Gasteiger partial charge in [0.05, 0.1) is 5.92 Å². The molecule has 0 bridgehead atoms. The van der Waals surface area contributed by atoms with Crippen molar-refractivity contribution in [3.63, 3.8) is 0 Å². The number of nitrogens with one attached hydrogen (secondary N) is 1. The minimum Gasteiger partial charge on any atom is -0.340 e. The molecule has 0 aromatic carbocycles. The third-order valence-electron chi connectivity index (χ3n) is 3.17. The van der Waals surface area contributed by atoms with Crippen molar-refractivity contribution in [3.8, 4) is 0 Å². The number of hydrogen-bond acceptors (Lipinski definition) is 3. The third kappa shape index (κ3) is 2.07. The first kappa shape index (κ1) is 9.93. The van der Waals surface area contributed by atoms with E-state index in [1.165, 1.54) is 0 Å². The van der Waals surface area contributed by atoms with Crippen LogP contribution in [0.4, 0.5) is 0 Å². The predicted octanol–water partition coefficient (Wildman–Crippen LogP) is -0.630. The fraction of sp³-hybridized carbons (Fsp3) is 0.900. The second-order valence-corrected chi connectivity index (χ2v) is 4.32. The molecule has 14 heavy (non-hydrogen) atoms. The molecular formula is C10H19N3O. The Kier molecular flexibility index (Phi) is 3.03. The molecule has 2 fully saturated rings. The summed E-state index contributed by atoms with van der Waals surface area (Å²) in [6.45, 7) is 5.70. The molecule has 2 aliphatic rings. The Bertz CT molecular complexity index is 207. The average molecular weight is 197 g/mol. The van der Waals surface area contributed by atoms with Gasteiger partial charge in [0.15, 0.2) is 0 Å². The van der Waals surface area contributed by atoms with Gasteiger partial charge in [0.25, 0.3) is 0 Å². The van der Waals surface area contributed by atoms with Crippen LogP contribution in [0.15, 0.2) is 0 Å². The van der Waals surface area contributed by atoms with E-state index < -0.39 is 0 Å². The summed E-state index contributed by atoms with van der Waals surface area (Å²) in [6, 6.07) is 0. The number of piperazine rings is 1.